The molecule has 0 heterocycles. The Hall–Kier alpha value is -3.22. The van der Waals surface area contributed by atoms with Crippen LogP contribution in [0.4, 0.5) is 0 Å². The minimum atomic E-state index is -1.37. The van der Waals surface area contributed by atoms with E-state index in [9.17, 15) is 34.5 Å². The highest BCUT2D eigenvalue weighted by molar-refractivity contribution is 5.94. The van der Waals surface area contributed by atoms with E-state index in [-0.39, 0.29) is 12.2 Å². The average Bonchev–Trinajstić information content (AvgIpc) is 2.77. The normalized spacial score (nSPS) is 15.3. The zero-order valence-electron chi connectivity index (χ0n) is 19.4. The zero-order chi connectivity index (χ0) is 25.8. The molecule has 10 N–H and O–H groups in total. The van der Waals surface area contributed by atoms with Crippen LogP contribution in [0.3, 0.4) is 0 Å². The van der Waals surface area contributed by atoms with E-state index in [2.05, 4.69) is 16.0 Å². The summed E-state index contributed by atoms with van der Waals surface area (Å²) in [5.41, 5.74) is 11.8. The highest BCUT2D eigenvalue weighted by Gasteiger charge is 2.30. The summed E-state index contributed by atoms with van der Waals surface area (Å²) in [6.45, 7) is 3.10. The molecule has 0 aliphatic carbocycles. The second kappa shape index (κ2) is 14.1. The number of aliphatic hydroxyl groups excluding tert-OH is 1. The third kappa shape index (κ3) is 9.73. The summed E-state index contributed by atoms with van der Waals surface area (Å²) >= 11 is 0. The number of hydrogen-bond donors (Lipinski definition) is 8. The number of amides is 3. The highest BCUT2D eigenvalue weighted by Crippen LogP contribution is 2.11. The molecule has 0 aliphatic heterocycles. The maximum Gasteiger partial charge on any atom is 0.326 e. The molecule has 12 nitrogen and oxygen atoms in total. The molecule has 0 aliphatic rings. The Bertz CT molecular complexity index is 831. The van der Waals surface area contributed by atoms with Gasteiger partial charge in [0, 0.05) is 6.42 Å². The van der Waals surface area contributed by atoms with Crippen LogP contribution >= 0.6 is 0 Å². The Morgan fingerprint density at radius 1 is 0.941 bits per heavy atom. The molecule has 190 valence electrons. The van der Waals surface area contributed by atoms with Gasteiger partial charge in [0.1, 0.15) is 23.9 Å². The van der Waals surface area contributed by atoms with Gasteiger partial charge in [-0.3, -0.25) is 14.4 Å². The summed E-state index contributed by atoms with van der Waals surface area (Å²) in [5, 5.41) is 35.8. The topological polar surface area (TPSA) is 217 Å². The minimum Gasteiger partial charge on any atom is -0.508 e. The van der Waals surface area contributed by atoms with Gasteiger partial charge in [0.05, 0.1) is 12.1 Å². The second-order valence-electron chi connectivity index (χ2n) is 8.12. The lowest BCUT2D eigenvalue weighted by atomic mass is 10.1. The average molecular weight is 482 g/mol. The van der Waals surface area contributed by atoms with Crippen molar-refractivity contribution in [2.75, 3.05) is 6.54 Å². The summed E-state index contributed by atoms with van der Waals surface area (Å²) in [5.74, 6) is -3.49. The van der Waals surface area contributed by atoms with Gasteiger partial charge < -0.3 is 42.7 Å². The first kappa shape index (κ1) is 28.8. The van der Waals surface area contributed by atoms with Crippen LogP contribution in [0.25, 0.3) is 0 Å². The Kier molecular flexibility index (Phi) is 12.0. The number of rotatable bonds is 14. The van der Waals surface area contributed by atoms with E-state index in [1.165, 1.54) is 38.1 Å². The lowest BCUT2D eigenvalue weighted by molar-refractivity contribution is -0.142. The SMILES string of the molecule is CC(NC(=O)C(NC(=O)C(N)CCCCN)C(C)O)C(=O)NC(Cc1ccc(O)cc1)C(=O)O. The van der Waals surface area contributed by atoms with Crippen LogP contribution in [0.5, 0.6) is 5.75 Å². The summed E-state index contributed by atoms with van der Waals surface area (Å²) in [6, 6.07) is 1.15. The first-order chi connectivity index (χ1) is 16.0. The van der Waals surface area contributed by atoms with Crippen molar-refractivity contribution in [3.63, 3.8) is 0 Å². The lowest BCUT2D eigenvalue weighted by Gasteiger charge is -2.25. The standard InChI is InChI=1S/C22H35N5O7/c1-12(19(30)26-17(22(33)34)11-14-6-8-15(29)9-7-14)25-21(32)18(13(2)28)27-20(31)16(24)5-3-4-10-23/h6-9,12-13,16-18,28-29H,3-5,10-11,23-24H2,1-2H3,(H,25,32)(H,26,30)(H,27,31)(H,33,34). The molecule has 12 heteroatoms. The van der Waals surface area contributed by atoms with Gasteiger partial charge in [0.2, 0.25) is 17.7 Å². The molecule has 0 aromatic heterocycles. The van der Waals surface area contributed by atoms with E-state index in [1.807, 2.05) is 0 Å². The molecule has 1 rings (SSSR count). The van der Waals surface area contributed by atoms with Gasteiger partial charge in [-0.1, -0.05) is 18.6 Å². The van der Waals surface area contributed by atoms with E-state index in [4.69, 9.17) is 11.5 Å². The van der Waals surface area contributed by atoms with Crippen molar-refractivity contribution in [1.82, 2.24) is 16.0 Å². The Morgan fingerprint density at radius 3 is 2.09 bits per heavy atom. The molecule has 0 saturated carbocycles. The van der Waals surface area contributed by atoms with E-state index >= 15 is 0 Å². The predicted octanol–water partition coefficient (Wildman–Crippen LogP) is -1.67. The summed E-state index contributed by atoms with van der Waals surface area (Å²) < 4.78 is 0. The molecule has 1 aromatic rings. The largest absolute Gasteiger partial charge is 0.508 e. The third-order valence-electron chi connectivity index (χ3n) is 5.11. The van der Waals surface area contributed by atoms with E-state index in [0.29, 0.717) is 31.4 Å². The Morgan fingerprint density at radius 2 is 1.56 bits per heavy atom. The van der Waals surface area contributed by atoms with Crippen LogP contribution in [0.1, 0.15) is 38.7 Å². The molecular weight excluding hydrogens is 446 g/mol. The zero-order valence-corrected chi connectivity index (χ0v) is 19.4. The molecule has 0 fully saturated rings. The number of unbranched alkanes of at least 4 members (excludes halogenated alkanes) is 1. The first-order valence-corrected chi connectivity index (χ1v) is 11.0. The molecule has 0 saturated heterocycles. The molecule has 5 atom stereocenters. The van der Waals surface area contributed by atoms with Gasteiger partial charge in [-0.25, -0.2) is 4.79 Å². The van der Waals surface area contributed by atoms with Gasteiger partial charge in [-0.2, -0.15) is 0 Å². The summed E-state index contributed by atoms with van der Waals surface area (Å²) in [4.78, 5) is 48.9. The number of carbonyl (C=O) groups excluding carboxylic acids is 3. The number of benzene rings is 1. The van der Waals surface area contributed by atoms with E-state index < -0.39 is 54.0 Å². The predicted molar refractivity (Wildman–Crippen MR) is 123 cm³/mol. The van der Waals surface area contributed by atoms with Crippen molar-refractivity contribution in [3.05, 3.63) is 29.8 Å². The quantitative estimate of drug-likeness (QED) is 0.142. The fraction of sp³-hybridized carbons (Fsp3) is 0.545. The second-order valence-corrected chi connectivity index (χ2v) is 8.12. The number of nitrogens with two attached hydrogens (primary N) is 2. The number of carboxylic acid groups (broad SMARTS) is 1. The van der Waals surface area contributed by atoms with E-state index in [1.54, 1.807) is 0 Å². The van der Waals surface area contributed by atoms with Gasteiger partial charge in [0.15, 0.2) is 0 Å². The third-order valence-corrected chi connectivity index (χ3v) is 5.11. The number of carboxylic acids is 1. The van der Waals surface area contributed by atoms with Gasteiger partial charge in [0.25, 0.3) is 0 Å². The minimum absolute atomic E-state index is 0.0206. The highest BCUT2D eigenvalue weighted by atomic mass is 16.4. The van der Waals surface area contributed by atoms with Crippen LogP contribution in [0.15, 0.2) is 24.3 Å². The number of aliphatic hydroxyl groups is 1. The summed E-state index contributed by atoms with van der Waals surface area (Å²) in [7, 11) is 0. The monoisotopic (exact) mass is 481 g/mol. The Balaban J connectivity index is 2.72. The van der Waals surface area contributed by atoms with Gasteiger partial charge in [-0.05, 0) is 50.9 Å². The van der Waals surface area contributed by atoms with Crippen LogP contribution in [-0.2, 0) is 25.6 Å². The number of aliphatic carboxylic acids is 1. The molecular formula is C22H35N5O7. The molecule has 1 aromatic carbocycles. The maximum absolute atomic E-state index is 12.6. The molecule has 0 bridgehead atoms. The number of hydrogen-bond acceptors (Lipinski definition) is 8. The number of aromatic hydroxyl groups is 1. The first-order valence-electron chi connectivity index (χ1n) is 11.0. The fourth-order valence-electron chi connectivity index (χ4n) is 3.04. The van der Waals surface area contributed by atoms with Crippen molar-refractivity contribution in [2.24, 2.45) is 11.5 Å². The molecule has 0 spiro atoms. The van der Waals surface area contributed by atoms with E-state index in [0.717, 1.165) is 0 Å². The molecule has 34 heavy (non-hydrogen) atoms. The van der Waals surface area contributed by atoms with Crippen LogP contribution < -0.4 is 27.4 Å². The van der Waals surface area contributed by atoms with Gasteiger partial charge >= 0.3 is 5.97 Å². The lowest BCUT2D eigenvalue weighted by Crippen LogP contribution is -2.59. The van der Waals surface area contributed by atoms with Crippen molar-refractivity contribution >= 4 is 23.7 Å². The van der Waals surface area contributed by atoms with Crippen LogP contribution in [0.2, 0.25) is 0 Å². The molecule has 3 amide bonds. The van der Waals surface area contributed by atoms with Crippen molar-refractivity contribution in [2.45, 2.75) is 69.8 Å². The fourth-order valence-corrected chi connectivity index (χ4v) is 3.04. The van der Waals surface area contributed by atoms with Crippen molar-refractivity contribution < 1.29 is 34.5 Å². The van der Waals surface area contributed by atoms with Gasteiger partial charge in [-0.15, -0.1) is 0 Å². The number of carbonyl (C=O) groups is 4. The molecule has 5 unspecified atom stereocenters. The number of phenolic OH excluding ortho intramolecular Hbond substituents is 1. The maximum atomic E-state index is 12.6. The Labute approximate surface area is 198 Å². The van der Waals surface area contributed by atoms with Crippen molar-refractivity contribution in [3.8, 4) is 5.75 Å². The van der Waals surface area contributed by atoms with Crippen molar-refractivity contribution in [1.29, 1.82) is 0 Å². The summed E-state index contributed by atoms with van der Waals surface area (Å²) in [6.07, 6.45) is 0.349. The molecule has 0 radical (unpaired) electrons. The smallest absolute Gasteiger partial charge is 0.326 e. The van der Waals surface area contributed by atoms with Crippen LogP contribution in [-0.4, -0.2) is 75.8 Å². The number of nitrogens with one attached hydrogen (secondary N) is 3. The number of phenols is 1. The van der Waals surface area contributed by atoms with Crippen LogP contribution in [0, 0.1) is 0 Å².